The first-order chi connectivity index (χ1) is 38.0. The summed E-state index contributed by atoms with van der Waals surface area (Å²) in [7, 11) is 1.33. The number of benzene rings is 11. The van der Waals surface area contributed by atoms with Crippen LogP contribution in [0.2, 0.25) is 0 Å². The molecule has 79 heavy (non-hydrogen) atoms. The molecule has 0 bridgehead atoms. The van der Waals surface area contributed by atoms with Crippen LogP contribution in [-0.2, 0) is 58.9 Å². The van der Waals surface area contributed by atoms with Crippen LogP contribution in [0.15, 0.2) is 273 Å². The molecule has 0 spiro atoms. The van der Waals surface area contributed by atoms with E-state index >= 15 is 0 Å². The molecule has 0 radical (unpaired) electrons. The maximum Gasteiger partial charge on any atom is 1.00 e. The van der Waals surface area contributed by atoms with E-state index < -0.39 is 15.8 Å². The third-order valence-electron chi connectivity index (χ3n) is 14.7. The summed E-state index contributed by atoms with van der Waals surface area (Å²) >= 11 is 0. The summed E-state index contributed by atoms with van der Waals surface area (Å²) in [5.41, 5.74) is 9.93. The number of hydrogen-bond donors (Lipinski definition) is 0. The van der Waals surface area contributed by atoms with Crippen molar-refractivity contribution in [3.63, 3.8) is 0 Å². The van der Waals surface area contributed by atoms with E-state index in [4.69, 9.17) is 12.8 Å². The summed E-state index contributed by atoms with van der Waals surface area (Å²) in [6.45, 7) is 0. The van der Waals surface area contributed by atoms with Gasteiger partial charge in [-0.25, -0.2) is 0 Å². The van der Waals surface area contributed by atoms with Crippen molar-refractivity contribution in [3.05, 3.63) is 297 Å². The van der Waals surface area contributed by atoms with Gasteiger partial charge >= 0.3 is 44.8 Å². The molecule has 3 nitrogen and oxygen atoms in total. The number of para-hydroxylation sites is 6. The van der Waals surface area contributed by atoms with E-state index in [2.05, 4.69) is 250 Å². The molecule has 14 rings (SSSR count). The number of nitrogens with zero attached hydrogens (tertiary/aromatic N) is 3. The van der Waals surface area contributed by atoms with E-state index in [1.54, 1.807) is 0 Å². The van der Waals surface area contributed by atoms with E-state index in [1.165, 1.54) is 91.9 Å². The summed E-state index contributed by atoms with van der Waals surface area (Å²) < 4.78 is 6.72. The Labute approximate surface area is 496 Å². The normalized spacial score (nSPS) is 10.9. The van der Waals surface area contributed by atoms with E-state index in [-0.39, 0.29) is 44.8 Å². The van der Waals surface area contributed by atoms with Crippen LogP contribution in [0, 0.1) is 24.7 Å². The fraction of sp³-hybridized carbons (Fsp3) is 0.0278. The molecular weight excluding hydrogens is 1360 g/mol. The van der Waals surface area contributed by atoms with Gasteiger partial charge in [0.25, 0.3) is 0 Å². The molecule has 0 aliphatic heterocycles. The van der Waals surface area contributed by atoms with Gasteiger partial charge in [-0.2, -0.15) is 0 Å². The fourth-order valence-electron chi connectivity index (χ4n) is 11.3. The monoisotopic (exact) mass is 1420 g/mol. The number of aromatic nitrogens is 3. The molecule has 0 amide bonds. The molecule has 11 aromatic carbocycles. The number of hydrogen-bond acceptors (Lipinski definition) is 0. The quantitative estimate of drug-likeness (QED) is 0.0654. The topological polar surface area (TPSA) is 14.8 Å². The molecule has 0 aliphatic rings. The second-order valence-electron chi connectivity index (χ2n) is 19.1. The number of rotatable bonds is 7. The van der Waals surface area contributed by atoms with Crippen LogP contribution in [0.3, 0.4) is 0 Å². The summed E-state index contributed by atoms with van der Waals surface area (Å²) in [5, 5.41) is 16.0. The van der Waals surface area contributed by atoms with Crippen LogP contribution in [0.4, 0.5) is 0 Å². The van der Waals surface area contributed by atoms with Crippen LogP contribution in [0.1, 0.15) is 11.1 Å². The van der Waals surface area contributed by atoms with Gasteiger partial charge in [0.2, 0.25) is 0 Å². The molecule has 14 aromatic rings. The maximum atomic E-state index is 7.33. The molecule has 0 saturated heterocycles. The minimum absolute atomic E-state index is 0. The number of aryl methyl sites for hydroxylation is 2. The minimum Gasteiger partial charge on any atom is -0.366 e. The standard InChI is InChI=1S/C42H31NP2.2C15H10N.2Au/c1-6-18-32(19-7-1)43-39-29-17-16-28-37(39)38-30-41(44(33-20-8-2-9-21-33)34-22-10-3-11-23-34)42(31-40(38)43)45(35-24-12-4-13-25-35)36-26-14-5-15-27-36;2*1-3-11-7-6-9-13-12-8-4-5-10-14(12)16(2)15(11)13;;/h1-31H;2*4-10H,2H3;;/q;2*-1;2*+1/p+2. The predicted molar refractivity (Wildman–Crippen MR) is 334 cm³/mol. The molecule has 7 heteroatoms. The van der Waals surface area contributed by atoms with Crippen molar-refractivity contribution in [2.24, 2.45) is 14.1 Å². The fourth-order valence-corrected chi connectivity index (χ4v) is 17.4. The van der Waals surface area contributed by atoms with Gasteiger partial charge in [0.1, 0.15) is 47.7 Å². The van der Waals surface area contributed by atoms with E-state index in [0.717, 1.165) is 22.2 Å². The zero-order valence-electron chi connectivity index (χ0n) is 43.4. The van der Waals surface area contributed by atoms with Gasteiger partial charge in [-0.3, -0.25) is 11.8 Å². The van der Waals surface area contributed by atoms with E-state index in [9.17, 15) is 0 Å². The Morgan fingerprint density at radius 1 is 0.304 bits per heavy atom. The molecule has 0 fully saturated rings. The zero-order valence-corrected chi connectivity index (χ0v) is 49.8. The third kappa shape index (κ3) is 10.4. The second kappa shape index (κ2) is 24.5. The van der Waals surface area contributed by atoms with Crippen LogP contribution < -0.4 is 31.8 Å². The zero-order chi connectivity index (χ0) is 52.2. The Hall–Kier alpha value is -7.72. The molecule has 0 saturated carbocycles. The Bertz CT molecular complexity index is 4290. The Morgan fingerprint density at radius 2 is 0.620 bits per heavy atom. The van der Waals surface area contributed by atoms with Crippen molar-refractivity contribution < 1.29 is 44.8 Å². The van der Waals surface area contributed by atoms with Gasteiger partial charge in [0.05, 0.1) is 11.0 Å². The van der Waals surface area contributed by atoms with Crippen molar-refractivity contribution in [2.45, 2.75) is 0 Å². The predicted octanol–water partition coefficient (Wildman–Crippen LogP) is 14.3. The van der Waals surface area contributed by atoms with Crippen LogP contribution >= 0.6 is 15.8 Å². The van der Waals surface area contributed by atoms with Gasteiger partial charge in [-0.15, -0.1) is 23.3 Å². The molecule has 3 heterocycles. The average Bonchev–Trinajstić information content (AvgIpc) is 4.33. The summed E-state index contributed by atoms with van der Waals surface area (Å²) in [6, 6.07) is 98.2. The van der Waals surface area contributed by atoms with Crippen molar-refractivity contribution in [3.8, 4) is 17.5 Å². The second-order valence-corrected chi connectivity index (χ2v) is 24.0. The molecular formula is C72H53Au2N3P2+2. The van der Waals surface area contributed by atoms with Crippen LogP contribution in [-0.4, -0.2) is 13.7 Å². The Kier molecular flexibility index (Phi) is 17.0. The first kappa shape index (κ1) is 54.6. The van der Waals surface area contributed by atoms with Gasteiger partial charge in [-0.05, 0) is 107 Å². The summed E-state index contributed by atoms with van der Waals surface area (Å²) in [5.74, 6) is 5.00. The molecule has 0 aliphatic carbocycles. The molecule has 0 N–H and O–H groups in total. The number of fused-ring (bicyclic) bond motifs is 9. The van der Waals surface area contributed by atoms with Crippen molar-refractivity contribution in [1.82, 2.24) is 13.7 Å². The van der Waals surface area contributed by atoms with E-state index in [0.29, 0.717) is 0 Å². The molecule has 386 valence electrons. The van der Waals surface area contributed by atoms with Crippen LogP contribution in [0.5, 0.6) is 0 Å². The summed E-state index contributed by atoms with van der Waals surface area (Å²) in [6.07, 6.45) is 14.7. The van der Waals surface area contributed by atoms with Gasteiger partial charge in [-0.1, -0.05) is 170 Å². The smallest absolute Gasteiger partial charge is 0.366 e. The maximum absolute atomic E-state index is 7.33. The van der Waals surface area contributed by atoms with Crippen molar-refractivity contribution >= 4 is 113 Å². The molecule has 3 aromatic heterocycles. The van der Waals surface area contributed by atoms with E-state index in [1.807, 2.05) is 62.6 Å². The van der Waals surface area contributed by atoms with Gasteiger partial charge < -0.3 is 26.5 Å². The SMILES string of the molecule is [Au+].[Au+].[C-]#Cc1cccc2c3ccccc3n(C)c12.[C-]#Cc1cccc2c3ccccc3n(C)c12.c1ccc(-n2c3ccccc3c3cc([PH+](c4ccccc4)c4ccccc4)c([PH+](c4ccccc4)c4ccccc4)cc32)cc1. The van der Waals surface area contributed by atoms with Gasteiger partial charge in [0.15, 0.2) is 0 Å². The van der Waals surface area contributed by atoms with Gasteiger partial charge in [0, 0.05) is 58.4 Å². The minimum atomic E-state index is -1.38. The Balaban J connectivity index is 0.000000168. The van der Waals surface area contributed by atoms with Crippen LogP contribution in [0.25, 0.3) is 71.1 Å². The Morgan fingerprint density at radius 3 is 1.01 bits per heavy atom. The molecule has 0 atom stereocenters. The molecule has 0 unspecified atom stereocenters. The summed E-state index contributed by atoms with van der Waals surface area (Å²) in [4.78, 5) is 0. The largest absolute Gasteiger partial charge is 1.00 e. The van der Waals surface area contributed by atoms with Crippen molar-refractivity contribution in [2.75, 3.05) is 0 Å². The first-order valence-electron chi connectivity index (χ1n) is 25.9. The third-order valence-corrected chi connectivity index (χ3v) is 20.5. The average molecular weight is 1420 g/mol. The van der Waals surface area contributed by atoms with Crippen molar-refractivity contribution in [1.29, 1.82) is 0 Å². The first-order valence-corrected chi connectivity index (χ1v) is 28.9.